The summed E-state index contributed by atoms with van der Waals surface area (Å²) in [6.45, 7) is 0.520. The van der Waals surface area contributed by atoms with E-state index < -0.39 is 0 Å². The van der Waals surface area contributed by atoms with E-state index in [2.05, 4.69) is 10.4 Å². The summed E-state index contributed by atoms with van der Waals surface area (Å²) in [5.41, 5.74) is 3.93. The molecule has 1 N–H and O–H groups in total. The summed E-state index contributed by atoms with van der Waals surface area (Å²) in [5, 5.41) is 7.62. The molecule has 6 heteroatoms. The fourth-order valence-electron chi connectivity index (χ4n) is 3.52. The monoisotopic (exact) mass is 427 g/mol. The maximum atomic E-state index is 13.1. The van der Waals surface area contributed by atoms with Crippen LogP contribution in [0.25, 0.3) is 16.8 Å². The van der Waals surface area contributed by atoms with E-state index in [-0.39, 0.29) is 5.91 Å². The van der Waals surface area contributed by atoms with E-state index in [0.717, 1.165) is 17.7 Å². The van der Waals surface area contributed by atoms with Crippen molar-refractivity contribution < 1.29 is 14.3 Å². The maximum Gasteiger partial charge on any atom is 0.272 e. The third-order valence-corrected chi connectivity index (χ3v) is 5.19. The first-order valence-corrected chi connectivity index (χ1v) is 10.4. The van der Waals surface area contributed by atoms with Crippen LogP contribution in [0.2, 0.25) is 0 Å². The molecule has 0 aliphatic rings. The molecular weight excluding hydrogens is 402 g/mol. The highest BCUT2D eigenvalue weighted by Gasteiger charge is 2.20. The Morgan fingerprint density at radius 3 is 2.28 bits per heavy atom. The van der Waals surface area contributed by atoms with E-state index in [4.69, 9.17) is 9.47 Å². The Morgan fingerprint density at radius 2 is 1.59 bits per heavy atom. The number of carbonyl (C=O) groups is 1. The van der Waals surface area contributed by atoms with E-state index in [1.165, 1.54) is 5.56 Å². The van der Waals surface area contributed by atoms with Gasteiger partial charge in [0.25, 0.3) is 5.91 Å². The zero-order chi connectivity index (χ0) is 22.3. The zero-order valence-electron chi connectivity index (χ0n) is 18.1. The van der Waals surface area contributed by atoms with Gasteiger partial charge in [-0.05, 0) is 41.8 Å². The fourth-order valence-corrected chi connectivity index (χ4v) is 3.52. The summed E-state index contributed by atoms with van der Waals surface area (Å²) in [7, 11) is 3.18. The molecule has 1 heterocycles. The number of para-hydroxylation sites is 1. The number of aromatic nitrogens is 2. The Balaban J connectivity index is 1.65. The summed E-state index contributed by atoms with van der Waals surface area (Å²) < 4.78 is 12.5. The van der Waals surface area contributed by atoms with Crippen molar-refractivity contribution >= 4 is 5.91 Å². The largest absolute Gasteiger partial charge is 0.493 e. The molecule has 0 atom stereocenters. The van der Waals surface area contributed by atoms with E-state index in [9.17, 15) is 4.79 Å². The van der Waals surface area contributed by atoms with Crippen LogP contribution in [0.5, 0.6) is 11.5 Å². The lowest BCUT2D eigenvalue weighted by molar-refractivity contribution is 0.0949. The van der Waals surface area contributed by atoms with E-state index >= 15 is 0 Å². The minimum absolute atomic E-state index is 0.222. The molecule has 0 aliphatic carbocycles. The Kier molecular flexibility index (Phi) is 6.51. The molecule has 1 aromatic heterocycles. The molecule has 32 heavy (non-hydrogen) atoms. The number of benzene rings is 3. The Labute approximate surface area is 187 Å². The number of amides is 1. The second-order valence-electron chi connectivity index (χ2n) is 7.23. The highest BCUT2D eigenvalue weighted by atomic mass is 16.5. The summed E-state index contributed by atoms with van der Waals surface area (Å²) in [6.07, 6.45) is 2.61. The molecule has 0 bridgehead atoms. The van der Waals surface area contributed by atoms with Gasteiger partial charge in [0.1, 0.15) is 0 Å². The van der Waals surface area contributed by atoms with Gasteiger partial charge in [0, 0.05) is 18.3 Å². The predicted molar refractivity (Wildman–Crippen MR) is 125 cm³/mol. The molecule has 0 spiro atoms. The van der Waals surface area contributed by atoms with Crippen molar-refractivity contribution in [2.75, 3.05) is 20.8 Å². The van der Waals surface area contributed by atoms with Gasteiger partial charge < -0.3 is 14.8 Å². The molecular formula is C26H25N3O3. The number of rotatable bonds is 8. The number of ether oxygens (including phenoxy) is 2. The van der Waals surface area contributed by atoms with Crippen LogP contribution in [0.1, 0.15) is 16.1 Å². The summed E-state index contributed by atoms with van der Waals surface area (Å²) in [6, 6.07) is 25.3. The molecule has 0 aliphatic heterocycles. The van der Waals surface area contributed by atoms with E-state index in [0.29, 0.717) is 29.3 Å². The van der Waals surface area contributed by atoms with Gasteiger partial charge in [-0.1, -0.05) is 54.6 Å². The lowest BCUT2D eigenvalue weighted by Crippen LogP contribution is -2.26. The van der Waals surface area contributed by atoms with Crippen LogP contribution in [-0.4, -0.2) is 36.5 Å². The van der Waals surface area contributed by atoms with Crippen molar-refractivity contribution in [2.24, 2.45) is 0 Å². The van der Waals surface area contributed by atoms with Gasteiger partial charge in [-0.2, -0.15) is 5.10 Å². The first-order valence-electron chi connectivity index (χ1n) is 10.4. The fraction of sp³-hybridized carbons (Fsp3) is 0.154. The van der Waals surface area contributed by atoms with Gasteiger partial charge in [-0.3, -0.25) is 4.79 Å². The van der Waals surface area contributed by atoms with Crippen LogP contribution >= 0.6 is 0 Å². The highest BCUT2D eigenvalue weighted by Crippen LogP contribution is 2.34. The SMILES string of the molecule is COc1ccc(-c2cn(-c3ccccc3)nc2C(=O)NCCc2ccccc2)cc1OC. The molecule has 0 fully saturated rings. The van der Waals surface area contributed by atoms with Gasteiger partial charge >= 0.3 is 0 Å². The number of hydrogen-bond donors (Lipinski definition) is 1. The van der Waals surface area contributed by atoms with Gasteiger partial charge in [0.15, 0.2) is 17.2 Å². The van der Waals surface area contributed by atoms with E-state index in [1.54, 1.807) is 18.9 Å². The van der Waals surface area contributed by atoms with Gasteiger partial charge in [-0.25, -0.2) is 4.68 Å². The second kappa shape index (κ2) is 9.83. The molecule has 4 aromatic rings. The number of hydrogen-bond acceptors (Lipinski definition) is 4. The zero-order valence-corrected chi connectivity index (χ0v) is 18.1. The second-order valence-corrected chi connectivity index (χ2v) is 7.23. The maximum absolute atomic E-state index is 13.1. The quantitative estimate of drug-likeness (QED) is 0.449. The third kappa shape index (κ3) is 4.64. The molecule has 0 saturated carbocycles. The molecule has 0 unspecified atom stereocenters. The first kappa shape index (κ1) is 21.2. The minimum atomic E-state index is -0.222. The highest BCUT2D eigenvalue weighted by molar-refractivity contribution is 5.99. The van der Waals surface area contributed by atoms with Crippen LogP contribution < -0.4 is 14.8 Å². The average Bonchev–Trinajstić information content (AvgIpc) is 3.30. The van der Waals surface area contributed by atoms with E-state index in [1.807, 2.05) is 85.1 Å². The minimum Gasteiger partial charge on any atom is -0.493 e. The van der Waals surface area contributed by atoms with Crippen LogP contribution in [0.3, 0.4) is 0 Å². The molecule has 6 nitrogen and oxygen atoms in total. The van der Waals surface area contributed by atoms with Crippen LogP contribution in [0.15, 0.2) is 85.1 Å². The number of carbonyl (C=O) groups excluding carboxylic acids is 1. The molecule has 162 valence electrons. The van der Waals surface area contributed by atoms with Crippen molar-refractivity contribution in [3.63, 3.8) is 0 Å². The number of nitrogens with zero attached hydrogens (tertiary/aromatic N) is 2. The van der Waals surface area contributed by atoms with Crippen molar-refractivity contribution in [1.29, 1.82) is 0 Å². The van der Waals surface area contributed by atoms with Crippen LogP contribution in [-0.2, 0) is 6.42 Å². The molecule has 1 amide bonds. The lowest BCUT2D eigenvalue weighted by Gasteiger charge is -2.10. The van der Waals surface area contributed by atoms with Gasteiger partial charge in [0.05, 0.1) is 19.9 Å². The van der Waals surface area contributed by atoms with Crippen molar-refractivity contribution in [3.05, 3.63) is 96.3 Å². The van der Waals surface area contributed by atoms with Crippen LogP contribution in [0, 0.1) is 0 Å². The molecule has 0 radical (unpaired) electrons. The predicted octanol–water partition coefficient (Wildman–Crippen LogP) is 4.53. The topological polar surface area (TPSA) is 65.4 Å². The number of methoxy groups -OCH3 is 2. The van der Waals surface area contributed by atoms with Crippen molar-refractivity contribution in [3.8, 4) is 28.3 Å². The number of nitrogens with one attached hydrogen (secondary N) is 1. The van der Waals surface area contributed by atoms with Crippen molar-refractivity contribution in [2.45, 2.75) is 6.42 Å². The van der Waals surface area contributed by atoms with Crippen molar-refractivity contribution in [1.82, 2.24) is 15.1 Å². The standard InChI is InChI=1S/C26H25N3O3/c1-31-23-14-13-20(17-24(23)32-2)22-18-29(21-11-7-4-8-12-21)28-25(22)26(30)27-16-15-19-9-5-3-6-10-19/h3-14,17-18H,15-16H2,1-2H3,(H,27,30). The van der Waals surface area contributed by atoms with Gasteiger partial charge in [-0.15, -0.1) is 0 Å². The molecule has 0 saturated heterocycles. The Hall–Kier alpha value is -4.06. The summed E-state index contributed by atoms with van der Waals surface area (Å²) in [4.78, 5) is 13.1. The lowest BCUT2D eigenvalue weighted by atomic mass is 10.1. The average molecular weight is 428 g/mol. The van der Waals surface area contributed by atoms with Crippen LogP contribution in [0.4, 0.5) is 0 Å². The third-order valence-electron chi connectivity index (χ3n) is 5.19. The normalized spacial score (nSPS) is 10.6. The first-order chi connectivity index (χ1) is 15.7. The summed E-state index contributed by atoms with van der Waals surface area (Å²) in [5.74, 6) is 0.994. The molecule has 3 aromatic carbocycles. The van der Waals surface area contributed by atoms with Gasteiger partial charge in [0.2, 0.25) is 0 Å². The summed E-state index contributed by atoms with van der Waals surface area (Å²) >= 11 is 0. The Morgan fingerprint density at radius 1 is 0.906 bits per heavy atom. The smallest absolute Gasteiger partial charge is 0.272 e. The molecule has 4 rings (SSSR count). The Bertz CT molecular complexity index is 1190.